The molecule has 1 aromatic heterocycles. The maximum atomic E-state index is 12.3. The molecular formula is C15H18N4O. The molecule has 1 N–H and O–H groups in total. The highest BCUT2D eigenvalue weighted by Gasteiger charge is 2.33. The molecule has 104 valence electrons. The van der Waals surface area contributed by atoms with Gasteiger partial charge in [-0.1, -0.05) is 30.3 Å². The van der Waals surface area contributed by atoms with Crippen LogP contribution < -0.4 is 0 Å². The molecule has 1 aliphatic rings. The number of carbonyl (C=O) groups excluding carboxylic acids is 1. The lowest BCUT2D eigenvalue weighted by molar-refractivity contribution is -0.131. The third kappa shape index (κ3) is 2.57. The van der Waals surface area contributed by atoms with Gasteiger partial charge in [-0.15, -0.1) is 0 Å². The van der Waals surface area contributed by atoms with Gasteiger partial charge in [-0.05, 0) is 18.9 Å². The summed E-state index contributed by atoms with van der Waals surface area (Å²) in [5, 5.41) is 6.52. The molecule has 3 rings (SSSR count). The Morgan fingerprint density at radius 1 is 1.40 bits per heavy atom. The lowest BCUT2D eigenvalue weighted by Gasteiger charge is -2.20. The fraction of sp³-hybridized carbons (Fsp3) is 0.400. The lowest BCUT2D eigenvalue weighted by atomic mass is 9.97. The SMILES string of the molecule is CC1CC(c2ccccc2)CN1C(=O)Cc1ncn[nH]1. The van der Waals surface area contributed by atoms with Crippen molar-refractivity contribution in [1.82, 2.24) is 20.1 Å². The van der Waals surface area contributed by atoms with Gasteiger partial charge in [0.05, 0.1) is 6.42 Å². The van der Waals surface area contributed by atoms with Gasteiger partial charge >= 0.3 is 0 Å². The lowest BCUT2D eigenvalue weighted by Crippen LogP contribution is -2.35. The number of H-pyrrole nitrogens is 1. The molecule has 0 saturated carbocycles. The van der Waals surface area contributed by atoms with Crippen molar-refractivity contribution in [1.29, 1.82) is 0 Å². The number of hydrogen-bond acceptors (Lipinski definition) is 3. The van der Waals surface area contributed by atoms with E-state index >= 15 is 0 Å². The second-order valence-electron chi connectivity index (χ2n) is 5.35. The molecule has 2 aromatic rings. The number of hydrogen-bond donors (Lipinski definition) is 1. The van der Waals surface area contributed by atoms with Crippen LogP contribution in [0.25, 0.3) is 0 Å². The molecule has 0 spiro atoms. The van der Waals surface area contributed by atoms with Crippen molar-refractivity contribution in [3.8, 4) is 0 Å². The molecular weight excluding hydrogens is 252 g/mol. The summed E-state index contributed by atoms with van der Waals surface area (Å²) in [6.07, 6.45) is 2.75. The predicted molar refractivity (Wildman–Crippen MR) is 75.1 cm³/mol. The first-order chi connectivity index (χ1) is 9.74. The van der Waals surface area contributed by atoms with E-state index in [-0.39, 0.29) is 11.9 Å². The first kappa shape index (κ1) is 12.8. The number of carbonyl (C=O) groups is 1. The van der Waals surface area contributed by atoms with E-state index in [1.54, 1.807) is 0 Å². The van der Waals surface area contributed by atoms with Crippen LogP contribution in [0.1, 0.15) is 30.7 Å². The van der Waals surface area contributed by atoms with Crippen molar-refractivity contribution >= 4 is 5.91 Å². The minimum Gasteiger partial charge on any atom is -0.339 e. The van der Waals surface area contributed by atoms with Crippen LogP contribution in [-0.2, 0) is 11.2 Å². The molecule has 2 unspecified atom stereocenters. The monoisotopic (exact) mass is 270 g/mol. The summed E-state index contributed by atoms with van der Waals surface area (Å²) in [5.41, 5.74) is 1.31. The van der Waals surface area contributed by atoms with E-state index in [0.717, 1.165) is 13.0 Å². The maximum Gasteiger partial charge on any atom is 0.230 e. The van der Waals surface area contributed by atoms with Gasteiger partial charge in [0.15, 0.2) is 0 Å². The van der Waals surface area contributed by atoms with E-state index in [1.165, 1.54) is 11.9 Å². The molecule has 1 saturated heterocycles. The van der Waals surface area contributed by atoms with Crippen LogP contribution in [0.4, 0.5) is 0 Å². The zero-order valence-corrected chi connectivity index (χ0v) is 11.5. The summed E-state index contributed by atoms with van der Waals surface area (Å²) in [6, 6.07) is 10.7. The second kappa shape index (κ2) is 5.45. The van der Waals surface area contributed by atoms with Crippen LogP contribution in [0, 0.1) is 0 Å². The Bertz CT molecular complexity index is 567. The van der Waals surface area contributed by atoms with Crippen molar-refractivity contribution in [2.24, 2.45) is 0 Å². The molecule has 1 amide bonds. The van der Waals surface area contributed by atoms with Crippen LogP contribution >= 0.6 is 0 Å². The molecule has 0 aliphatic carbocycles. The highest BCUT2D eigenvalue weighted by atomic mass is 16.2. The van der Waals surface area contributed by atoms with Crippen molar-refractivity contribution in [3.63, 3.8) is 0 Å². The Kier molecular flexibility index (Phi) is 3.50. The molecule has 0 radical (unpaired) electrons. The van der Waals surface area contributed by atoms with Gasteiger partial charge in [0.1, 0.15) is 12.2 Å². The summed E-state index contributed by atoms with van der Waals surface area (Å²) >= 11 is 0. The van der Waals surface area contributed by atoms with Crippen LogP contribution in [0.5, 0.6) is 0 Å². The van der Waals surface area contributed by atoms with Crippen molar-refractivity contribution in [2.45, 2.75) is 31.7 Å². The number of aromatic nitrogens is 3. The van der Waals surface area contributed by atoms with E-state index in [1.807, 2.05) is 11.0 Å². The normalized spacial score (nSPS) is 22.1. The predicted octanol–water partition coefficient (Wildman–Crippen LogP) is 1.75. The van der Waals surface area contributed by atoms with E-state index in [9.17, 15) is 4.79 Å². The molecule has 0 bridgehead atoms. The summed E-state index contributed by atoms with van der Waals surface area (Å²) in [6.45, 7) is 2.90. The maximum absolute atomic E-state index is 12.3. The van der Waals surface area contributed by atoms with E-state index < -0.39 is 0 Å². The van der Waals surface area contributed by atoms with Crippen LogP contribution in [-0.4, -0.2) is 38.6 Å². The summed E-state index contributed by atoms with van der Waals surface area (Å²) in [7, 11) is 0. The molecule has 1 aromatic carbocycles. The quantitative estimate of drug-likeness (QED) is 0.924. The fourth-order valence-electron chi connectivity index (χ4n) is 2.91. The largest absolute Gasteiger partial charge is 0.339 e. The Labute approximate surface area is 118 Å². The van der Waals surface area contributed by atoms with Crippen molar-refractivity contribution < 1.29 is 4.79 Å². The number of benzene rings is 1. The van der Waals surface area contributed by atoms with Gasteiger partial charge < -0.3 is 4.90 Å². The fourth-order valence-corrected chi connectivity index (χ4v) is 2.91. The second-order valence-corrected chi connectivity index (χ2v) is 5.35. The Hall–Kier alpha value is -2.17. The summed E-state index contributed by atoms with van der Waals surface area (Å²) < 4.78 is 0. The first-order valence-electron chi connectivity index (χ1n) is 6.92. The van der Waals surface area contributed by atoms with Crippen molar-refractivity contribution in [2.75, 3.05) is 6.54 Å². The van der Waals surface area contributed by atoms with Gasteiger partial charge in [-0.2, -0.15) is 5.10 Å². The average molecular weight is 270 g/mol. The average Bonchev–Trinajstić information content (AvgIpc) is 3.09. The molecule has 1 aliphatic heterocycles. The minimum absolute atomic E-state index is 0.118. The Balaban J connectivity index is 1.68. The van der Waals surface area contributed by atoms with Crippen LogP contribution in [0.3, 0.4) is 0 Å². The minimum atomic E-state index is 0.118. The third-order valence-corrected chi connectivity index (χ3v) is 3.95. The highest BCUT2D eigenvalue weighted by Crippen LogP contribution is 2.31. The molecule has 2 atom stereocenters. The van der Waals surface area contributed by atoms with Gasteiger partial charge in [-0.25, -0.2) is 4.98 Å². The number of aromatic amines is 1. The number of likely N-dealkylation sites (tertiary alicyclic amines) is 1. The Morgan fingerprint density at radius 2 is 2.20 bits per heavy atom. The summed E-state index contributed by atoms with van der Waals surface area (Å²) in [4.78, 5) is 18.3. The number of nitrogens with one attached hydrogen (secondary N) is 1. The molecule has 2 heterocycles. The topological polar surface area (TPSA) is 61.9 Å². The van der Waals surface area contributed by atoms with Gasteiger partial charge in [0.2, 0.25) is 5.91 Å². The van der Waals surface area contributed by atoms with E-state index in [2.05, 4.69) is 46.4 Å². The van der Waals surface area contributed by atoms with E-state index in [0.29, 0.717) is 18.2 Å². The van der Waals surface area contributed by atoms with Crippen LogP contribution in [0.2, 0.25) is 0 Å². The standard InChI is InChI=1S/C15H18N4O/c1-11-7-13(12-5-3-2-4-6-12)9-19(11)15(20)8-14-16-10-17-18-14/h2-6,10-11,13H,7-9H2,1H3,(H,16,17,18). The number of amides is 1. The number of rotatable bonds is 3. The van der Waals surface area contributed by atoms with E-state index in [4.69, 9.17) is 0 Å². The van der Waals surface area contributed by atoms with Gasteiger partial charge in [0, 0.05) is 18.5 Å². The smallest absolute Gasteiger partial charge is 0.230 e. The van der Waals surface area contributed by atoms with Crippen molar-refractivity contribution in [3.05, 3.63) is 48.0 Å². The summed E-state index contributed by atoms with van der Waals surface area (Å²) in [5.74, 6) is 1.18. The third-order valence-electron chi connectivity index (χ3n) is 3.95. The van der Waals surface area contributed by atoms with Crippen LogP contribution in [0.15, 0.2) is 36.7 Å². The van der Waals surface area contributed by atoms with Gasteiger partial charge in [-0.3, -0.25) is 9.89 Å². The number of nitrogens with zero attached hydrogens (tertiary/aromatic N) is 3. The highest BCUT2D eigenvalue weighted by molar-refractivity contribution is 5.78. The zero-order chi connectivity index (χ0) is 13.9. The molecule has 20 heavy (non-hydrogen) atoms. The molecule has 5 heteroatoms. The Morgan fingerprint density at radius 3 is 2.90 bits per heavy atom. The van der Waals surface area contributed by atoms with Gasteiger partial charge in [0.25, 0.3) is 0 Å². The molecule has 1 fully saturated rings. The zero-order valence-electron chi connectivity index (χ0n) is 11.5. The molecule has 5 nitrogen and oxygen atoms in total. The first-order valence-corrected chi connectivity index (χ1v) is 6.92.